The van der Waals surface area contributed by atoms with Crippen LogP contribution in [0.4, 0.5) is 9.59 Å². The number of nitrogens with one attached hydrogen (secondary N) is 4. The Hall–Kier alpha value is -4.36. The first-order valence-electron chi connectivity index (χ1n) is 10.9. The molecule has 0 saturated carbocycles. The standard InChI is InChI=1S/C22H33N7O7/c1-22(2,3)36-21(35)26-14(11-16(23)30)18(32)25-12-17(31)29(4)15(19(33)27-28-20(24)34)10-13-8-6-5-7-9-13/h5-9,14-15H,10-12H2,1-4H3,(H2,23,30)(H,25,32)(H,26,35)(H,27,33)(H3,24,28,34)/t14-,15+/m1/s1. The number of rotatable bonds is 10. The summed E-state index contributed by atoms with van der Waals surface area (Å²) in [6.07, 6.45) is -1.39. The first kappa shape index (κ1) is 29.7. The molecule has 0 bridgehead atoms. The van der Waals surface area contributed by atoms with Gasteiger partial charge < -0.3 is 31.7 Å². The average molecular weight is 508 g/mol. The van der Waals surface area contributed by atoms with Crippen molar-refractivity contribution in [2.24, 2.45) is 11.5 Å². The maximum atomic E-state index is 12.8. The van der Waals surface area contributed by atoms with Crippen LogP contribution in [0, 0.1) is 0 Å². The lowest BCUT2D eigenvalue weighted by atomic mass is 10.0. The van der Waals surface area contributed by atoms with Gasteiger partial charge in [0.2, 0.25) is 17.7 Å². The van der Waals surface area contributed by atoms with Crippen LogP contribution in [0.1, 0.15) is 32.8 Å². The quantitative estimate of drug-likeness (QED) is 0.209. The fourth-order valence-corrected chi connectivity index (χ4v) is 2.89. The Morgan fingerprint density at radius 3 is 2.11 bits per heavy atom. The van der Waals surface area contributed by atoms with Gasteiger partial charge in [-0.2, -0.15) is 0 Å². The minimum atomic E-state index is -1.39. The van der Waals surface area contributed by atoms with Gasteiger partial charge in [-0.25, -0.2) is 15.0 Å². The largest absolute Gasteiger partial charge is 0.444 e. The molecular weight excluding hydrogens is 474 g/mol. The Bertz CT molecular complexity index is 963. The molecule has 2 atom stereocenters. The summed E-state index contributed by atoms with van der Waals surface area (Å²) >= 11 is 0. The molecule has 1 rings (SSSR count). The number of amides is 7. The number of hydrazine groups is 1. The van der Waals surface area contributed by atoms with Gasteiger partial charge in [0.05, 0.1) is 13.0 Å². The van der Waals surface area contributed by atoms with Crippen molar-refractivity contribution in [3.63, 3.8) is 0 Å². The van der Waals surface area contributed by atoms with Crippen molar-refractivity contribution in [1.82, 2.24) is 26.4 Å². The lowest BCUT2D eigenvalue weighted by Gasteiger charge is -2.28. The molecule has 1 aromatic rings. The van der Waals surface area contributed by atoms with Crippen molar-refractivity contribution >= 4 is 35.8 Å². The van der Waals surface area contributed by atoms with E-state index in [0.717, 1.165) is 10.5 Å². The SMILES string of the molecule is CN(C(=O)CNC(=O)[C@@H](CC(N)=O)NC(=O)OC(C)(C)C)[C@@H](Cc1ccccc1)C(=O)NNC(N)=O. The zero-order chi connectivity index (χ0) is 27.5. The van der Waals surface area contributed by atoms with E-state index >= 15 is 0 Å². The number of nitrogens with zero attached hydrogens (tertiary/aromatic N) is 1. The molecule has 14 heteroatoms. The molecule has 0 radical (unpaired) electrons. The van der Waals surface area contributed by atoms with Gasteiger partial charge in [0.25, 0.3) is 5.91 Å². The summed E-state index contributed by atoms with van der Waals surface area (Å²) in [5.41, 5.74) is 14.1. The molecule has 1 aromatic carbocycles. The summed E-state index contributed by atoms with van der Waals surface area (Å²) in [6, 6.07) is 5.32. The summed E-state index contributed by atoms with van der Waals surface area (Å²) in [7, 11) is 1.34. The summed E-state index contributed by atoms with van der Waals surface area (Å²) in [6.45, 7) is 4.28. The molecule has 36 heavy (non-hydrogen) atoms. The van der Waals surface area contributed by atoms with E-state index in [-0.39, 0.29) is 6.42 Å². The highest BCUT2D eigenvalue weighted by molar-refractivity contribution is 5.94. The van der Waals surface area contributed by atoms with Crippen molar-refractivity contribution in [2.75, 3.05) is 13.6 Å². The van der Waals surface area contributed by atoms with Crippen LogP contribution in [-0.4, -0.2) is 71.9 Å². The molecule has 0 heterocycles. The van der Waals surface area contributed by atoms with E-state index in [9.17, 15) is 28.8 Å². The summed E-state index contributed by atoms with van der Waals surface area (Å²) in [5, 5.41) is 4.56. The number of ether oxygens (including phenoxy) is 1. The van der Waals surface area contributed by atoms with Gasteiger partial charge in [-0.15, -0.1) is 0 Å². The normalized spacial score (nSPS) is 12.3. The Balaban J connectivity index is 2.89. The Kier molecular flexibility index (Phi) is 11.1. The number of carbonyl (C=O) groups is 6. The van der Waals surface area contributed by atoms with Gasteiger partial charge in [0.1, 0.15) is 17.7 Å². The van der Waals surface area contributed by atoms with E-state index in [4.69, 9.17) is 16.2 Å². The van der Waals surface area contributed by atoms with Crippen LogP contribution in [-0.2, 0) is 30.3 Å². The number of urea groups is 1. The third-order valence-electron chi connectivity index (χ3n) is 4.57. The molecule has 198 valence electrons. The molecule has 0 aliphatic heterocycles. The van der Waals surface area contributed by atoms with Crippen molar-refractivity contribution in [3.05, 3.63) is 35.9 Å². The van der Waals surface area contributed by atoms with Crippen LogP contribution in [0.2, 0.25) is 0 Å². The molecule has 14 nitrogen and oxygen atoms in total. The molecule has 0 spiro atoms. The van der Waals surface area contributed by atoms with Gasteiger partial charge in [0.15, 0.2) is 0 Å². The van der Waals surface area contributed by atoms with E-state index in [1.54, 1.807) is 51.1 Å². The van der Waals surface area contributed by atoms with Crippen molar-refractivity contribution in [1.29, 1.82) is 0 Å². The van der Waals surface area contributed by atoms with Gasteiger partial charge in [-0.05, 0) is 26.3 Å². The first-order valence-corrected chi connectivity index (χ1v) is 10.9. The molecule has 0 fully saturated rings. The molecule has 0 aromatic heterocycles. The second-order valence-electron chi connectivity index (χ2n) is 8.78. The fourth-order valence-electron chi connectivity index (χ4n) is 2.89. The van der Waals surface area contributed by atoms with Gasteiger partial charge in [0, 0.05) is 13.5 Å². The first-order chi connectivity index (χ1) is 16.7. The fraction of sp³-hybridized carbons (Fsp3) is 0.455. The number of nitrogens with two attached hydrogens (primary N) is 2. The second kappa shape index (κ2) is 13.5. The molecule has 8 N–H and O–H groups in total. The highest BCUT2D eigenvalue weighted by Crippen LogP contribution is 2.09. The lowest BCUT2D eigenvalue weighted by Crippen LogP contribution is -2.56. The lowest BCUT2D eigenvalue weighted by molar-refractivity contribution is -0.139. The molecule has 0 unspecified atom stereocenters. The predicted octanol–water partition coefficient (Wildman–Crippen LogP) is -1.36. The van der Waals surface area contributed by atoms with Gasteiger partial charge >= 0.3 is 12.1 Å². The highest BCUT2D eigenvalue weighted by Gasteiger charge is 2.30. The minimum absolute atomic E-state index is 0.0911. The number of primary amides is 2. The average Bonchev–Trinajstić information content (AvgIpc) is 2.77. The summed E-state index contributed by atoms with van der Waals surface area (Å²) in [4.78, 5) is 73.4. The third kappa shape index (κ3) is 11.2. The predicted molar refractivity (Wildman–Crippen MR) is 128 cm³/mol. The number of carbonyl (C=O) groups excluding carboxylic acids is 6. The van der Waals surface area contributed by atoms with Crippen molar-refractivity contribution in [2.45, 2.75) is 51.3 Å². The number of hydrogen-bond acceptors (Lipinski definition) is 7. The van der Waals surface area contributed by atoms with E-state index in [1.165, 1.54) is 7.05 Å². The van der Waals surface area contributed by atoms with E-state index < -0.39 is 66.4 Å². The molecule has 0 saturated heterocycles. The molecular formula is C22H33N7O7. The van der Waals surface area contributed by atoms with Crippen LogP contribution in [0.3, 0.4) is 0 Å². The van der Waals surface area contributed by atoms with E-state index in [1.807, 2.05) is 5.43 Å². The van der Waals surface area contributed by atoms with Crippen LogP contribution < -0.4 is 33.0 Å². The topological polar surface area (TPSA) is 215 Å². The van der Waals surface area contributed by atoms with Crippen LogP contribution in [0.5, 0.6) is 0 Å². The Morgan fingerprint density at radius 1 is 0.972 bits per heavy atom. The van der Waals surface area contributed by atoms with E-state index in [0.29, 0.717) is 0 Å². The van der Waals surface area contributed by atoms with Gasteiger partial charge in [-0.3, -0.25) is 24.6 Å². The summed E-state index contributed by atoms with van der Waals surface area (Å²) in [5.74, 6) is -3.12. The van der Waals surface area contributed by atoms with Crippen LogP contribution in [0.25, 0.3) is 0 Å². The maximum Gasteiger partial charge on any atom is 0.408 e. The number of benzene rings is 1. The van der Waals surface area contributed by atoms with Crippen LogP contribution >= 0.6 is 0 Å². The number of likely N-dealkylation sites (N-methyl/N-ethyl adjacent to an activating group) is 1. The smallest absolute Gasteiger partial charge is 0.408 e. The zero-order valence-electron chi connectivity index (χ0n) is 20.6. The van der Waals surface area contributed by atoms with Crippen molar-refractivity contribution < 1.29 is 33.5 Å². The van der Waals surface area contributed by atoms with Gasteiger partial charge in [-0.1, -0.05) is 30.3 Å². The monoisotopic (exact) mass is 507 g/mol. The molecule has 0 aliphatic carbocycles. The Morgan fingerprint density at radius 2 is 1.58 bits per heavy atom. The second-order valence-corrected chi connectivity index (χ2v) is 8.78. The summed E-state index contributed by atoms with van der Waals surface area (Å²) < 4.78 is 5.08. The number of hydrogen-bond donors (Lipinski definition) is 6. The molecule has 7 amide bonds. The highest BCUT2D eigenvalue weighted by atomic mass is 16.6. The third-order valence-corrected chi connectivity index (χ3v) is 4.57. The van der Waals surface area contributed by atoms with Crippen LogP contribution in [0.15, 0.2) is 30.3 Å². The maximum absolute atomic E-state index is 12.8. The zero-order valence-corrected chi connectivity index (χ0v) is 20.6. The minimum Gasteiger partial charge on any atom is -0.444 e. The van der Waals surface area contributed by atoms with E-state index in [2.05, 4.69) is 16.1 Å². The molecule has 0 aliphatic rings. The number of alkyl carbamates (subject to hydrolysis) is 1. The Labute approximate surface area is 208 Å². The van der Waals surface area contributed by atoms with Crippen molar-refractivity contribution in [3.8, 4) is 0 Å².